The Morgan fingerprint density at radius 1 is 0.931 bits per heavy atom. The van der Waals surface area contributed by atoms with E-state index in [2.05, 4.69) is 5.32 Å². The van der Waals surface area contributed by atoms with E-state index >= 15 is 0 Å². The van der Waals surface area contributed by atoms with E-state index in [0.29, 0.717) is 5.56 Å². The predicted molar refractivity (Wildman–Crippen MR) is 110 cm³/mol. The maximum Gasteiger partial charge on any atom is 0.328 e. The quantitative estimate of drug-likeness (QED) is 0.720. The summed E-state index contributed by atoms with van der Waals surface area (Å²) in [5, 5.41) is 2.64. The highest BCUT2D eigenvalue weighted by Gasteiger charge is 2.25. The van der Waals surface area contributed by atoms with Crippen LogP contribution >= 0.6 is 0 Å². The third-order valence-electron chi connectivity index (χ3n) is 4.10. The minimum Gasteiger partial charge on any atom is -0.467 e. The minimum atomic E-state index is -0.936. The van der Waals surface area contributed by atoms with Gasteiger partial charge in [0.15, 0.2) is 0 Å². The Labute approximate surface area is 171 Å². The third-order valence-corrected chi connectivity index (χ3v) is 4.10. The highest BCUT2D eigenvalue weighted by Crippen LogP contribution is 2.19. The summed E-state index contributed by atoms with van der Waals surface area (Å²) in [5.74, 6) is -1.46. The van der Waals surface area contributed by atoms with Gasteiger partial charge in [0, 0.05) is 12.0 Å². The summed E-state index contributed by atoms with van der Waals surface area (Å²) in [4.78, 5) is 36.5. The molecule has 1 atom stereocenters. The van der Waals surface area contributed by atoms with Crippen LogP contribution in [0.15, 0.2) is 54.6 Å². The Morgan fingerprint density at radius 2 is 1.52 bits per heavy atom. The van der Waals surface area contributed by atoms with Crippen LogP contribution in [-0.2, 0) is 19.1 Å². The van der Waals surface area contributed by atoms with Gasteiger partial charge in [0.05, 0.1) is 7.11 Å². The van der Waals surface area contributed by atoms with Crippen molar-refractivity contribution < 1.29 is 23.9 Å². The largest absolute Gasteiger partial charge is 0.467 e. The standard InChI is InChI=1S/C23H27NO5/c1-23(2,3)29-20(25)15-14-19(22(27)28-4)24-21(26)18-12-10-17(11-13-18)16-8-6-5-7-9-16/h5-13,19H,14-15H2,1-4H3,(H,24,26)/t19-/m1/s1. The topological polar surface area (TPSA) is 81.7 Å². The van der Waals surface area contributed by atoms with E-state index in [1.54, 1.807) is 32.9 Å². The molecule has 0 spiro atoms. The predicted octanol–water partition coefficient (Wildman–Crippen LogP) is 3.75. The normalized spacial score (nSPS) is 12.0. The Kier molecular flexibility index (Phi) is 7.53. The molecule has 29 heavy (non-hydrogen) atoms. The van der Waals surface area contributed by atoms with Gasteiger partial charge in [0.25, 0.3) is 5.91 Å². The molecule has 154 valence electrons. The van der Waals surface area contributed by atoms with Gasteiger partial charge in [-0.3, -0.25) is 9.59 Å². The van der Waals surface area contributed by atoms with Gasteiger partial charge in [-0.05, 0) is 50.5 Å². The van der Waals surface area contributed by atoms with E-state index in [0.717, 1.165) is 11.1 Å². The van der Waals surface area contributed by atoms with Crippen LogP contribution in [0, 0.1) is 0 Å². The second-order valence-corrected chi connectivity index (χ2v) is 7.62. The number of rotatable bonds is 7. The van der Waals surface area contributed by atoms with Crippen LogP contribution in [0.1, 0.15) is 44.0 Å². The first-order chi connectivity index (χ1) is 13.7. The van der Waals surface area contributed by atoms with Crippen molar-refractivity contribution in [2.24, 2.45) is 0 Å². The van der Waals surface area contributed by atoms with E-state index in [-0.39, 0.29) is 12.8 Å². The maximum absolute atomic E-state index is 12.6. The van der Waals surface area contributed by atoms with Crippen LogP contribution < -0.4 is 5.32 Å². The number of carbonyl (C=O) groups is 3. The number of ether oxygens (including phenoxy) is 2. The average molecular weight is 397 g/mol. The molecule has 6 heteroatoms. The third kappa shape index (κ3) is 7.07. The van der Waals surface area contributed by atoms with Crippen molar-refractivity contribution in [2.45, 2.75) is 45.3 Å². The molecule has 2 aromatic rings. The summed E-state index contributed by atoms with van der Waals surface area (Å²) in [7, 11) is 1.24. The molecule has 2 rings (SSSR count). The Balaban J connectivity index is 2.02. The van der Waals surface area contributed by atoms with E-state index in [4.69, 9.17) is 9.47 Å². The fourth-order valence-corrected chi connectivity index (χ4v) is 2.73. The lowest BCUT2D eigenvalue weighted by atomic mass is 10.0. The van der Waals surface area contributed by atoms with Crippen molar-refractivity contribution in [3.63, 3.8) is 0 Å². The van der Waals surface area contributed by atoms with Crippen LogP contribution in [0.4, 0.5) is 0 Å². The van der Waals surface area contributed by atoms with Crippen LogP contribution in [0.2, 0.25) is 0 Å². The first-order valence-electron chi connectivity index (χ1n) is 9.45. The molecule has 0 heterocycles. The Hall–Kier alpha value is -3.15. The number of hydrogen-bond acceptors (Lipinski definition) is 5. The molecule has 0 saturated carbocycles. The van der Waals surface area contributed by atoms with E-state index in [1.165, 1.54) is 7.11 Å². The zero-order valence-electron chi connectivity index (χ0n) is 17.2. The molecule has 1 amide bonds. The smallest absolute Gasteiger partial charge is 0.328 e. The van der Waals surface area contributed by atoms with Gasteiger partial charge in [0.1, 0.15) is 11.6 Å². The van der Waals surface area contributed by atoms with Gasteiger partial charge in [-0.1, -0.05) is 42.5 Å². The van der Waals surface area contributed by atoms with Crippen molar-refractivity contribution in [1.82, 2.24) is 5.32 Å². The molecular weight excluding hydrogens is 370 g/mol. The first kappa shape index (κ1) is 22.1. The SMILES string of the molecule is COC(=O)[C@@H](CCC(=O)OC(C)(C)C)NC(=O)c1ccc(-c2ccccc2)cc1. The van der Waals surface area contributed by atoms with Crippen molar-refractivity contribution in [1.29, 1.82) is 0 Å². The van der Waals surface area contributed by atoms with Crippen molar-refractivity contribution in [2.75, 3.05) is 7.11 Å². The zero-order valence-corrected chi connectivity index (χ0v) is 17.2. The van der Waals surface area contributed by atoms with Gasteiger partial charge < -0.3 is 14.8 Å². The molecule has 0 aliphatic rings. The zero-order chi connectivity index (χ0) is 21.4. The second kappa shape index (κ2) is 9.87. The molecule has 0 bridgehead atoms. The van der Waals surface area contributed by atoms with Crippen molar-refractivity contribution in [3.8, 4) is 11.1 Å². The van der Waals surface area contributed by atoms with Crippen LogP contribution in [0.3, 0.4) is 0 Å². The Bertz CT molecular complexity index is 838. The summed E-state index contributed by atoms with van der Waals surface area (Å²) < 4.78 is 10.00. The number of hydrogen-bond donors (Lipinski definition) is 1. The lowest BCUT2D eigenvalue weighted by molar-refractivity contribution is -0.155. The molecular formula is C23H27NO5. The Morgan fingerprint density at radius 3 is 2.07 bits per heavy atom. The number of esters is 2. The highest BCUT2D eigenvalue weighted by molar-refractivity contribution is 5.97. The lowest BCUT2D eigenvalue weighted by Crippen LogP contribution is -2.42. The molecule has 0 radical (unpaired) electrons. The number of nitrogens with one attached hydrogen (secondary N) is 1. The summed E-state index contributed by atoms with van der Waals surface area (Å²) in [6.07, 6.45) is 0.0830. The molecule has 0 aliphatic carbocycles. The second-order valence-electron chi connectivity index (χ2n) is 7.62. The summed E-state index contributed by atoms with van der Waals surface area (Å²) >= 11 is 0. The van der Waals surface area contributed by atoms with Gasteiger partial charge in [-0.2, -0.15) is 0 Å². The fourth-order valence-electron chi connectivity index (χ4n) is 2.73. The molecule has 1 N–H and O–H groups in total. The average Bonchev–Trinajstić information content (AvgIpc) is 2.69. The molecule has 0 fully saturated rings. The molecule has 0 aromatic heterocycles. The molecule has 0 unspecified atom stereocenters. The minimum absolute atomic E-state index is 0.00966. The molecule has 0 aliphatic heterocycles. The molecule has 2 aromatic carbocycles. The van der Waals surface area contributed by atoms with Crippen LogP contribution in [0.5, 0.6) is 0 Å². The molecule has 6 nitrogen and oxygen atoms in total. The fraction of sp³-hybridized carbons (Fsp3) is 0.348. The van der Waals surface area contributed by atoms with Gasteiger partial charge >= 0.3 is 11.9 Å². The number of carbonyl (C=O) groups excluding carboxylic acids is 3. The van der Waals surface area contributed by atoms with Crippen molar-refractivity contribution >= 4 is 17.8 Å². The van der Waals surface area contributed by atoms with Crippen molar-refractivity contribution in [3.05, 3.63) is 60.2 Å². The van der Waals surface area contributed by atoms with Gasteiger partial charge in [0.2, 0.25) is 0 Å². The van der Waals surface area contributed by atoms with E-state index in [9.17, 15) is 14.4 Å². The van der Waals surface area contributed by atoms with Gasteiger partial charge in [-0.25, -0.2) is 4.79 Å². The molecule has 0 saturated heterocycles. The number of amides is 1. The van der Waals surface area contributed by atoms with Gasteiger partial charge in [-0.15, -0.1) is 0 Å². The maximum atomic E-state index is 12.6. The van der Waals surface area contributed by atoms with Crippen LogP contribution in [0.25, 0.3) is 11.1 Å². The van der Waals surface area contributed by atoms with E-state index < -0.39 is 29.5 Å². The van der Waals surface area contributed by atoms with E-state index in [1.807, 2.05) is 42.5 Å². The highest BCUT2D eigenvalue weighted by atomic mass is 16.6. The monoisotopic (exact) mass is 397 g/mol. The number of benzene rings is 2. The first-order valence-corrected chi connectivity index (χ1v) is 9.45. The number of methoxy groups -OCH3 is 1. The van der Waals surface area contributed by atoms with Crippen LogP contribution in [-0.4, -0.2) is 36.6 Å². The summed E-state index contributed by atoms with van der Waals surface area (Å²) in [5.41, 5.74) is 1.83. The summed E-state index contributed by atoms with van der Waals surface area (Å²) in [6.45, 7) is 5.30. The summed E-state index contributed by atoms with van der Waals surface area (Å²) in [6, 6.07) is 15.9. The lowest BCUT2D eigenvalue weighted by Gasteiger charge is -2.21.